The van der Waals surface area contributed by atoms with E-state index in [1.807, 2.05) is 12.1 Å². The van der Waals surface area contributed by atoms with Gasteiger partial charge in [0.15, 0.2) is 11.5 Å². The second-order valence-corrected chi connectivity index (χ2v) is 4.63. The zero-order chi connectivity index (χ0) is 14.4. The number of nitrogens with zero attached hydrogens (tertiary/aromatic N) is 1. The normalized spacial score (nSPS) is 10.5. The second-order valence-electron chi connectivity index (χ2n) is 4.63. The van der Waals surface area contributed by atoms with Gasteiger partial charge < -0.3 is 14.9 Å². The molecule has 1 aromatic heterocycles. The molecule has 0 aliphatic rings. The van der Waals surface area contributed by atoms with Gasteiger partial charge in [-0.25, -0.2) is 4.98 Å². The summed E-state index contributed by atoms with van der Waals surface area (Å²) in [5, 5.41) is 18.8. The van der Waals surface area contributed by atoms with E-state index in [9.17, 15) is 5.11 Å². The minimum atomic E-state index is 0.0988. The van der Waals surface area contributed by atoms with Crippen molar-refractivity contribution in [2.75, 3.05) is 6.61 Å². The Balaban J connectivity index is 2.09. The van der Waals surface area contributed by atoms with E-state index in [0.29, 0.717) is 18.1 Å². The van der Waals surface area contributed by atoms with E-state index in [1.165, 1.54) is 0 Å². The first-order valence-corrected chi connectivity index (χ1v) is 6.78. The fraction of sp³-hybridized carbons (Fsp3) is 0.312. The van der Waals surface area contributed by atoms with Crippen molar-refractivity contribution in [3.8, 4) is 17.4 Å². The SMILES string of the molecule is CCCc1ccc(Oc2ccc(CCO)cn2)c(O)c1. The topological polar surface area (TPSA) is 62.6 Å². The van der Waals surface area contributed by atoms with Crippen LogP contribution >= 0.6 is 0 Å². The molecule has 0 saturated carbocycles. The van der Waals surface area contributed by atoms with E-state index in [0.717, 1.165) is 24.0 Å². The maximum Gasteiger partial charge on any atom is 0.219 e. The molecule has 0 bridgehead atoms. The summed E-state index contributed by atoms with van der Waals surface area (Å²) in [5.74, 6) is 0.940. The fourth-order valence-electron chi connectivity index (χ4n) is 1.95. The van der Waals surface area contributed by atoms with E-state index in [1.54, 1.807) is 24.4 Å². The van der Waals surface area contributed by atoms with Crippen LogP contribution in [0.4, 0.5) is 0 Å². The number of aromatic hydroxyl groups is 1. The van der Waals surface area contributed by atoms with Crippen LogP contribution in [0, 0.1) is 0 Å². The predicted octanol–water partition coefficient (Wildman–Crippen LogP) is 3.07. The number of hydrogen-bond donors (Lipinski definition) is 2. The standard InChI is InChI=1S/C16H19NO3/c1-2-3-12-4-6-15(14(19)10-12)20-16-7-5-13(8-9-18)11-17-16/h4-7,10-11,18-19H,2-3,8-9H2,1H3. The first-order valence-electron chi connectivity index (χ1n) is 6.78. The monoisotopic (exact) mass is 273 g/mol. The zero-order valence-electron chi connectivity index (χ0n) is 11.5. The number of pyridine rings is 1. The highest BCUT2D eigenvalue weighted by Crippen LogP contribution is 2.30. The Morgan fingerprint density at radius 1 is 1.10 bits per heavy atom. The molecule has 0 unspecified atom stereocenters. The maximum absolute atomic E-state index is 9.93. The molecule has 4 heteroatoms. The number of hydrogen-bond acceptors (Lipinski definition) is 4. The Morgan fingerprint density at radius 3 is 2.50 bits per heavy atom. The number of aliphatic hydroxyl groups excluding tert-OH is 1. The van der Waals surface area contributed by atoms with E-state index in [4.69, 9.17) is 9.84 Å². The molecule has 1 heterocycles. The Hall–Kier alpha value is -2.07. The van der Waals surface area contributed by atoms with Crippen molar-refractivity contribution in [1.82, 2.24) is 4.98 Å². The molecule has 0 spiro atoms. The van der Waals surface area contributed by atoms with Gasteiger partial charge in [0.1, 0.15) is 0 Å². The molecule has 2 rings (SSSR count). The van der Waals surface area contributed by atoms with Crippen LogP contribution in [0.5, 0.6) is 17.4 Å². The van der Waals surface area contributed by atoms with Gasteiger partial charge in [0.2, 0.25) is 5.88 Å². The van der Waals surface area contributed by atoms with Gasteiger partial charge in [-0.2, -0.15) is 0 Å². The van der Waals surface area contributed by atoms with Crippen LogP contribution in [0.25, 0.3) is 0 Å². The summed E-state index contributed by atoms with van der Waals surface area (Å²) in [7, 11) is 0. The number of phenols is 1. The molecule has 0 radical (unpaired) electrons. The van der Waals surface area contributed by atoms with Gasteiger partial charge >= 0.3 is 0 Å². The molecule has 1 aromatic carbocycles. The van der Waals surface area contributed by atoms with Crippen LogP contribution in [0.1, 0.15) is 24.5 Å². The molecule has 2 N–H and O–H groups in total. The molecular formula is C16H19NO3. The van der Waals surface area contributed by atoms with Crippen LogP contribution in [0.2, 0.25) is 0 Å². The number of ether oxygens (including phenoxy) is 1. The lowest BCUT2D eigenvalue weighted by atomic mass is 10.1. The number of benzene rings is 1. The molecule has 0 aliphatic heterocycles. The minimum Gasteiger partial charge on any atom is -0.504 e. The lowest BCUT2D eigenvalue weighted by Gasteiger charge is -2.08. The van der Waals surface area contributed by atoms with Crippen LogP contribution < -0.4 is 4.74 Å². The van der Waals surface area contributed by atoms with E-state index in [2.05, 4.69) is 11.9 Å². The van der Waals surface area contributed by atoms with Crippen molar-refractivity contribution in [2.45, 2.75) is 26.2 Å². The highest BCUT2D eigenvalue weighted by molar-refractivity contribution is 5.43. The van der Waals surface area contributed by atoms with E-state index in [-0.39, 0.29) is 12.4 Å². The molecule has 0 aliphatic carbocycles. The summed E-state index contributed by atoms with van der Waals surface area (Å²) in [6.07, 6.45) is 4.20. The number of aryl methyl sites for hydroxylation is 1. The quantitative estimate of drug-likeness (QED) is 0.849. The molecule has 0 atom stereocenters. The summed E-state index contributed by atoms with van der Waals surface area (Å²) < 4.78 is 5.55. The van der Waals surface area contributed by atoms with Crippen molar-refractivity contribution in [3.63, 3.8) is 0 Å². The molecular weight excluding hydrogens is 254 g/mol. The van der Waals surface area contributed by atoms with Gasteiger partial charge in [-0.15, -0.1) is 0 Å². The highest BCUT2D eigenvalue weighted by Gasteiger charge is 2.06. The molecule has 4 nitrogen and oxygen atoms in total. The summed E-state index contributed by atoms with van der Waals surface area (Å²) in [6, 6.07) is 8.99. The third-order valence-corrected chi connectivity index (χ3v) is 2.97. The van der Waals surface area contributed by atoms with Gasteiger partial charge in [0.05, 0.1) is 0 Å². The van der Waals surface area contributed by atoms with Crippen LogP contribution in [-0.2, 0) is 12.8 Å². The average molecular weight is 273 g/mol. The molecule has 0 saturated heterocycles. The Labute approximate surface area is 118 Å². The fourth-order valence-corrected chi connectivity index (χ4v) is 1.95. The third-order valence-electron chi connectivity index (χ3n) is 2.97. The summed E-state index contributed by atoms with van der Waals surface area (Å²) >= 11 is 0. The third kappa shape index (κ3) is 3.71. The maximum atomic E-state index is 9.93. The molecule has 0 amide bonds. The Kier molecular flexibility index (Phi) is 4.96. The minimum absolute atomic E-state index is 0.0988. The largest absolute Gasteiger partial charge is 0.504 e. The van der Waals surface area contributed by atoms with Gasteiger partial charge in [0, 0.05) is 18.9 Å². The number of aliphatic hydroxyl groups is 1. The smallest absolute Gasteiger partial charge is 0.219 e. The summed E-state index contributed by atoms with van der Waals surface area (Å²) in [5.41, 5.74) is 2.03. The van der Waals surface area contributed by atoms with Gasteiger partial charge in [0.25, 0.3) is 0 Å². The molecule has 20 heavy (non-hydrogen) atoms. The van der Waals surface area contributed by atoms with Crippen LogP contribution in [-0.4, -0.2) is 21.8 Å². The van der Waals surface area contributed by atoms with Crippen molar-refractivity contribution in [3.05, 3.63) is 47.7 Å². The van der Waals surface area contributed by atoms with Crippen molar-refractivity contribution < 1.29 is 14.9 Å². The lowest BCUT2D eigenvalue weighted by Crippen LogP contribution is -1.94. The van der Waals surface area contributed by atoms with Gasteiger partial charge in [-0.3, -0.25) is 0 Å². The second kappa shape index (κ2) is 6.91. The van der Waals surface area contributed by atoms with E-state index < -0.39 is 0 Å². The first-order chi connectivity index (χ1) is 9.72. The van der Waals surface area contributed by atoms with Gasteiger partial charge in [-0.1, -0.05) is 25.5 Å². The first kappa shape index (κ1) is 14.3. The van der Waals surface area contributed by atoms with Crippen LogP contribution in [0.15, 0.2) is 36.5 Å². The molecule has 2 aromatic rings. The Bertz CT molecular complexity index is 552. The number of phenolic OH excluding ortho intramolecular Hbond substituents is 1. The van der Waals surface area contributed by atoms with Crippen molar-refractivity contribution in [2.24, 2.45) is 0 Å². The highest BCUT2D eigenvalue weighted by atomic mass is 16.5. The lowest BCUT2D eigenvalue weighted by molar-refractivity contribution is 0.299. The van der Waals surface area contributed by atoms with E-state index >= 15 is 0 Å². The summed E-state index contributed by atoms with van der Waals surface area (Å²) in [6.45, 7) is 2.20. The number of aromatic nitrogens is 1. The van der Waals surface area contributed by atoms with Crippen molar-refractivity contribution >= 4 is 0 Å². The molecule has 0 fully saturated rings. The predicted molar refractivity (Wildman–Crippen MR) is 77.2 cm³/mol. The Morgan fingerprint density at radius 2 is 1.90 bits per heavy atom. The number of rotatable bonds is 6. The summed E-state index contributed by atoms with van der Waals surface area (Å²) in [4.78, 5) is 4.15. The molecule has 106 valence electrons. The van der Waals surface area contributed by atoms with Gasteiger partial charge in [-0.05, 0) is 36.1 Å². The average Bonchev–Trinajstić information content (AvgIpc) is 2.44. The van der Waals surface area contributed by atoms with Crippen LogP contribution in [0.3, 0.4) is 0 Å². The van der Waals surface area contributed by atoms with Crippen molar-refractivity contribution in [1.29, 1.82) is 0 Å². The zero-order valence-corrected chi connectivity index (χ0v) is 11.5.